The zero-order valence-electron chi connectivity index (χ0n) is 23.8. The minimum Gasteiger partial charge on any atom is -0.415 e. The van der Waals surface area contributed by atoms with E-state index < -0.39 is 31.9 Å². The lowest BCUT2D eigenvalue weighted by Gasteiger charge is -2.52. The first-order valence-electron chi connectivity index (χ1n) is 13.6. The zero-order chi connectivity index (χ0) is 28.8. The highest BCUT2D eigenvalue weighted by Gasteiger charge is 2.55. The summed E-state index contributed by atoms with van der Waals surface area (Å²) in [6, 6.07) is 11.4. The molecular formula is C31H40Cl2FNO3Si. The minimum absolute atomic E-state index is 0.0233. The maximum absolute atomic E-state index is 14.9. The van der Waals surface area contributed by atoms with Crippen molar-refractivity contribution < 1.29 is 18.3 Å². The molecule has 8 heteroatoms. The molecule has 1 aliphatic carbocycles. The van der Waals surface area contributed by atoms with Crippen LogP contribution in [0.1, 0.15) is 70.2 Å². The van der Waals surface area contributed by atoms with Crippen molar-refractivity contribution in [2.24, 2.45) is 5.92 Å². The molecule has 212 valence electrons. The van der Waals surface area contributed by atoms with Gasteiger partial charge < -0.3 is 14.1 Å². The molecule has 2 aromatic carbocycles. The summed E-state index contributed by atoms with van der Waals surface area (Å²) < 4.78 is 28.3. The van der Waals surface area contributed by atoms with E-state index in [0.717, 1.165) is 18.4 Å². The van der Waals surface area contributed by atoms with Crippen molar-refractivity contribution in [3.05, 3.63) is 82.1 Å². The van der Waals surface area contributed by atoms with Crippen LogP contribution in [0.15, 0.2) is 55.1 Å². The highest BCUT2D eigenvalue weighted by atomic mass is 35.5. The molecule has 4 atom stereocenters. The second-order valence-corrected chi connectivity index (χ2v) is 18.3. The van der Waals surface area contributed by atoms with Crippen LogP contribution in [-0.2, 0) is 14.0 Å². The summed E-state index contributed by atoms with van der Waals surface area (Å²) in [5, 5.41) is 0.616. The number of ether oxygens (including phenoxy) is 1. The smallest absolute Gasteiger partial charge is 0.255 e. The monoisotopic (exact) mass is 591 g/mol. The van der Waals surface area contributed by atoms with Crippen LogP contribution < -0.4 is 0 Å². The molecule has 0 bridgehead atoms. The van der Waals surface area contributed by atoms with Gasteiger partial charge in [-0.25, -0.2) is 4.39 Å². The Morgan fingerprint density at radius 3 is 2.46 bits per heavy atom. The van der Waals surface area contributed by atoms with E-state index in [4.69, 9.17) is 32.4 Å². The second kappa shape index (κ2) is 11.3. The molecule has 2 aliphatic rings. The van der Waals surface area contributed by atoms with Gasteiger partial charge in [0.25, 0.3) is 5.91 Å². The van der Waals surface area contributed by atoms with Gasteiger partial charge in [0, 0.05) is 11.4 Å². The largest absolute Gasteiger partial charge is 0.415 e. The lowest BCUT2D eigenvalue weighted by Crippen LogP contribution is -2.61. The Hall–Kier alpha value is -1.70. The van der Waals surface area contributed by atoms with Crippen molar-refractivity contribution >= 4 is 37.4 Å². The van der Waals surface area contributed by atoms with Crippen LogP contribution in [0, 0.1) is 11.7 Å². The van der Waals surface area contributed by atoms with Crippen molar-refractivity contribution in [2.45, 2.75) is 88.9 Å². The van der Waals surface area contributed by atoms with Gasteiger partial charge in [0.05, 0.1) is 23.7 Å². The Balaban J connectivity index is 1.88. The molecule has 0 radical (unpaired) electrons. The number of halogens is 3. The lowest BCUT2D eigenvalue weighted by atomic mass is 9.85. The number of carbonyl (C=O) groups excluding carboxylic acids is 1. The molecule has 0 aromatic heterocycles. The lowest BCUT2D eigenvalue weighted by molar-refractivity contribution is -0.204. The summed E-state index contributed by atoms with van der Waals surface area (Å²) in [7, 11) is -2.11. The molecule has 1 aliphatic heterocycles. The molecule has 1 saturated heterocycles. The summed E-state index contributed by atoms with van der Waals surface area (Å²) in [5.41, 5.74) is 0.282. The average molecular weight is 593 g/mol. The van der Waals surface area contributed by atoms with Crippen molar-refractivity contribution in [3.8, 4) is 0 Å². The Morgan fingerprint density at radius 2 is 1.90 bits per heavy atom. The molecule has 0 spiro atoms. The molecule has 1 amide bonds. The number of hydrogen-bond acceptors (Lipinski definition) is 3. The SMILES string of the molecule is C=CC[C@]1(C)O[C@H](c2cccc(Cl)c2)C(c2ccc(Cl)c(F)c2)N(C(CO[Si](C)(C)C(C)(C)C)C2CC2)C1=O. The first-order valence-corrected chi connectivity index (χ1v) is 17.3. The Labute approximate surface area is 243 Å². The molecule has 0 N–H and O–H groups in total. The highest BCUT2D eigenvalue weighted by molar-refractivity contribution is 6.74. The molecule has 39 heavy (non-hydrogen) atoms. The van der Waals surface area contributed by atoms with E-state index in [1.807, 2.05) is 30.0 Å². The van der Waals surface area contributed by atoms with E-state index in [2.05, 4.69) is 40.4 Å². The standard InChI is InChI=1S/C31H40Cl2FNO3Si/c1-8-16-31(5)29(36)35(26(20-12-13-20)19-37-39(6,7)30(2,3)4)27(21-14-15-24(33)25(34)18-21)28(38-31)22-10-9-11-23(32)17-22/h8-11,14-15,17-18,20,26-28H,1,12-13,16,19H2,2-7H3/t26?,27?,28-,31+/m1/s1. The average Bonchev–Trinajstić information content (AvgIpc) is 3.68. The molecule has 2 aromatic rings. The normalized spacial score (nSPS) is 25.1. The third-order valence-electron chi connectivity index (χ3n) is 8.60. The van der Waals surface area contributed by atoms with Crippen LogP contribution in [0.3, 0.4) is 0 Å². The molecule has 1 saturated carbocycles. The predicted molar refractivity (Wildman–Crippen MR) is 159 cm³/mol. The van der Waals surface area contributed by atoms with Gasteiger partial charge in [-0.05, 0) is 79.2 Å². The van der Waals surface area contributed by atoms with Gasteiger partial charge in [-0.15, -0.1) is 6.58 Å². The van der Waals surface area contributed by atoms with Crippen LogP contribution >= 0.6 is 23.2 Å². The number of morpholine rings is 1. The highest BCUT2D eigenvalue weighted by Crippen LogP contribution is 2.51. The topological polar surface area (TPSA) is 38.8 Å². The first-order chi connectivity index (χ1) is 18.2. The summed E-state index contributed by atoms with van der Waals surface area (Å²) in [5.74, 6) is -0.382. The third kappa shape index (κ3) is 6.30. The van der Waals surface area contributed by atoms with Crippen LogP contribution in [0.4, 0.5) is 4.39 Å². The number of nitrogens with zero attached hydrogens (tertiary/aromatic N) is 1. The number of hydrogen-bond donors (Lipinski definition) is 0. The fourth-order valence-electron chi connectivity index (χ4n) is 5.11. The van der Waals surface area contributed by atoms with Crippen LogP contribution in [0.5, 0.6) is 0 Å². The van der Waals surface area contributed by atoms with Crippen molar-refractivity contribution in [2.75, 3.05) is 6.61 Å². The molecule has 4 nitrogen and oxygen atoms in total. The molecule has 2 unspecified atom stereocenters. The van der Waals surface area contributed by atoms with E-state index in [9.17, 15) is 9.18 Å². The van der Waals surface area contributed by atoms with E-state index >= 15 is 0 Å². The van der Waals surface area contributed by atoms with Gasteiger partial charge in [-0.1, -0.05) is 68.2 Å². The number of rotatable bonds is 9. The van der Waals surface area contributed by atoms with Crippen molar-refractivity contribution in [1.29, 1.82) is 0 Å². The summed E-state index contributed by atoms with van der Waals surface area (Å²) in [6.45, 7) is 17.2. The maximum Gasteiger partial charge on any atom is 0.255 e. The first kappa shape index (κ1) is 30.3. The van der Waals surface area contributed by atoms with E-state index in [0.29, 0.717) is 29.5 Å². The molecule has 1 heterocycles. The number of amides is 1. The summed E-state index contributed by atoms with van der Waals surface area (Å²) in [6.07, 6.45) is 3.48. The van der Waals surface area contributed by atoms with Gasteiger partial charge in [-0.2, -0.15) is 0 Å². The van der Waals surface area contributed by atoms with E-state index in [1.54, 1.807) is 24.3 Å². The predicted octanol–water partition coefficient (Wildman–Crippen LogP) is 8.91. The number of carbonyl (C=O) groups is 1. The fraction of sp³-hybridized carbons (Fsp3) is 0.516. The van der Waals surface area contributed by atoms with Crippen LogP contribution in [0.25, 0.3) is 0 Å². The van der Waals surface area contributed by atoms with E-state index in [1.165, 1.54) is 6.07 Å². The summed E-state index contributed by atoms with van der Waals surface area (Å²) >= 11 is 12.5. The fourth-order valence-corrected chi connectivity index (χ4v) is 6.45. The van der Waals surface area contributed by atoms with Gasteiger partial charge in [0.1, 0.15) is 17.5 Å². The maximum atomic E-state index is 14.9. The van der Waals surface area contributed by atoms with E-state index in [-0.39, 0.29) is 22.0 Å². The summed E-state index contributed by atoms with van der Waals surface area (Å²) in [4.78, 5) is 16.4. The molecular weight excluding hydrogens is 552 g/mol. The van der Waals surface area contributed by atoms with Gasteiger partial charge in [0.2, 0.25) is 0 Å². The Kier molecular flexibility index (Phi) is 8.76. The third-order valence-corrected chi connectivity index (χ3v) is 13.6. The Morgan fingerprint density at radius 1 is 1.21 bits per heavy atom. The van der Waals surface area contributed by atoms with Gasteiger partial charge in [-0.3, -0.25) is 4.79 Å². The van der Waals surface area contributed by atoms with Gasteiger partial charge >= 0.3 is 0 Å². The minimum atomic E-state index is -2.11. The number of benzene rings is 2. The van der Waals surface area contributed by atoms with Crippen LogP contribution in [0.2, 0.25) is 28.2 Å². The second-order valence-electron chi connectivity index (χ2n) is 12.6. The Bertz CT molecular complexity index is 1230. The van der Waals surface area contributed by atoms with Gasteiger partial charge in [0.15, 0.2) is 8.32 Å². The van der Waals surface area contributed by atoms with Crippen molar-refractivity contribution in [1.82, 2.24) is 4.90 Å². The quantitative estimate of drug-likeness (QED) is 0.216. The van der Waals surface area contributed by atoms with Crippen LogP contribution in [-0.4, -0.2) is 37.4 Å². The van der Waals surface area contributed by atoms with Crippen molar-refractivity contribution in [3.63, 3.8) is 0 Å². The molecule has 4 rings (SSSR count). The molecule has 2 fully saturated rings. The zero-order valence-corrected chi connectivity index (χ0v) is 26.3.